The predicted octanol–water partition coefficient (Wildman–Crippen LogP) is 5.78. The molecule has 206 valence electrons. The molecule has 0 aliphatic heterocycles. The van der Waals surface area contributed by atoms with E-state index in [0.29, 0.717) is 37.8 Å². The minimum atomic E-state index is -3.82. The van der Waals surface area contributed by atoms with E-state index in [0.717, 1.165) is 19.3 Å². The molecular weight excluding hydrogens is 644 g/mol. The molecule has 9 nitrogen and oxygen atoms in total. The fourth-order valence-corrected chi connectivity index (χ4v) is 7.82. The number of carbonyl (C=O) groups excluding carboxylic acids is 1. The molecule has 0 radical (unpaired) electrons. The number of hydrogen-bond acceptors (Lipinski definition) is 8. The van der Waals surface area contributed by atoms with Crippen LogP contribution in [0.5, 0.6) is 17.2 Å². The third kappa shape index (κ3) is 6.70. The average Bonchev–Trinajstić information content (AvgIpc) is 3.49. The Hall–Kier alpha value is -2.15. The van der Waals surface area contributed by atoms with E-state index in [1.54, 1.807) is 38.1 Å². The maximum atomic E-state index is 13.3. The van der Waals surface area contributed by atoms with Gasteiger partial charge in [-0.25, -0.2) is 17.9 Å². The highest BCUT2D eigenvalue weighted by atomic mass is 79.9. The number of nitrogens with one attached hydrogen (secondary N) is 1. The van der Waals surface area contributed by atoms with Crippen LogP contribution in [0.3, 0.4) is 0 Å². The van der Waals surface area contributed by atoms with Crippen molar-refractivity contribution < 1.29 is 32.3 Å². The monoisotopic (exact) mass is 672 g/mol. The summed E-state index contributed by atoms with van der Waals surface area (Å²) in [5.41, 5.74) is 0.667. The van der Waals surface area contributed by atoms with E-state index in [1.165, 1.54) is 25.8 Å². The normalized spacial score (nSPS) is 21.4. The van der Waals surface area contributed by atoms with Crippen molar-refractivity contribution in [1.82, 2.24) is 4.72 Å². The Bertz CT molecular complexity index is 1300. The number of carbonyl (C=O) groups is 1. The van der Waals surface area contributed by atoms with E-state index in [9.17, 15) is 13.2 Å². The van der Waals surface area contributed by atoms with Gasteiger partial charge in [0.25, 0.3) is 0 Å². The Labute approximate surface area is 239 Å². The Morgan fingerprint density at radius 2 is 1.92 bits per heavy atom. The molecule has 0 saturated heterocycles. The molecule has 38 heavy (non-hydrogen) atoms. The van der Waals surface area contributed by atoms with Gasteiger partial charge >= 0.3 is 5.97 Å². The molecule has 0 heterocycles. The second kappa shape index (κ2) is 12.4. The summed E-state index contributed by atoms with van der Waals surface area (Å²) in [6.07, 6.45) is 4.84. The topological polar surface area (TPSA) is 113 Å². The number of ether oxygens (including phenoxy) is 3. The lowest BCUT2D eigenvalue weighted by Gasteiger charge is -2.23. The Morgan fingerprint density at radius 3 is 2.53 bits per heavy atom. The molecule has 4 atom stereocenters. The molecule has 4 rings (SSSR count). The lowest BCUT2D eigenvalue weighted by atomic mass is 9.96. The number of methoxy groups -OCH3 is 1. The van der Waals surface area contributed by atoms with Gasteiger partial charge in [0.1, 0.15) is 16.4 Å². The van der Waals surface area contributed by atoms with Crippen LogP contribution in [0.4, 0.5) is 0 Å². The highest BCUT2D eigenvalue weighted by Gasteiger charge is 2.41. The van der Waals surface area contributed by atoms with Crippen molar-refractivity contribution in [1.29, 1.82) is 0 Å². The fourth-order valence-electron chi connectivity index (χ4n) is 4.94. The Kier molecular flexibility index (Phi) is 9.38. The number of oxime groups is 1. The van der Waals surface area contributed by atoms with Crippen LogP contribution < -0.4 is 14.2 Å². The average molecular weight is 674 g/mol. The molecule has 2 bridgehead atoms. The molecule has 1 unspecified atom stereocenters. The summed E-state index contributed by atoms with van der Waals surface area (Å²) in [5, 5.41) is 3.86. The van der Waals surface area contributed by atoms with E-state index in [2.05, 4.69) is 41.7 Å². The zero-order chi connectivity index (χ0) is 27.4. The first-order valence-electron chi connectivity index (χ1n) is 12.3. The third-order valence-electron chi connectivity index (χ3n) is 6.75. The zero-order valence-corrected chi connectivity index (χ0v) is 25.3. The van der Waals surface area contributed by atoms with Crippen molar-refractivity contribution in [2.75, 3.05) is 13.7 Å². The smallest absolute Gasteiger partial charge is 0.349 e. The summed E-state index contributed by atoms with van der Waals surface area (Å²) >= 11 is 6.99. The van der Waals surface area contributed by atoms with Crippen LogP contribution in [-0.4, -0.2) is 46.5 Å². The standard InChI is InChI=1S/C26H30Br2N2O7S/c1-4-35-26(31)15(2)37-29-14-17-10-20(27)25(21(28)11-17)36-19-7-8-23(34-3)24(13-19)38(32,33)30-22-12-16-5-6-18(22)9-16/h7-8,10-11,13-16,18,22,30H,4-6,9,12H2,1-3H3/b29-14-/t15?,16-,18+,22+/m0/s1. The number of sulfonamides is 1. The van der Waals surface area contributed by atoms with E-state index >= 15 is 0 Å². The molecule has 2 saturated carbocycles. The molecule has 0 amide bonds. The van der Waals surface area contributed by atoms with Gasteiger partial charge in [0.2, 0.25) is 16.1 Å². The number of esters is 1. The number of fused-ring (bicyclic) bond motifs is 2. The lowest BCUT2D eigenvalue weighted by molar-refractivity contribution is -0.155. The van der Waals surface area contributed by atoms with Crippen molar-refractivity contribution in [3.8, 4) is 17.2 Å². The molecular formula is C26H30Br2N2O7S. The van der Waals surface area contributed by atoms with Crippen LogP contribution in [0.25, 0.3) is 0 Å². The number of benzene rings is 2. The first-order valence-corrected chi connectivity index (χ1v) is 15.4. The van der Waals surface area contributed by atoms with Crippen molar-refractivity contribution in [3.63, 3.8) is 0 Å². The van der Waals surface area contributed by atoms with Gasteiger partial charge in [0.05, 0.1) is 28.9 Å². The molecule has 0 aromatic heterocycles. The maximum Gasteiger partial charge on any atom is 0.349 e. The SMILES string of the molecule is CCOC(=O)C(C)O/N=C\c1cc(Br)c(Oc2ccc(OC)c(S(=O)(=O)N[C@@H]3C[C@H]4CC[C@@H]3C4)c2)c(Br)c1. The van der Waals surface area contributed by atoms with Crippen molar-refractivity contribution in [3.05, 3.63) is 44.8 Å². The highest BCUT2D eigenvalue weighted by molar-refractivity contribution is 9.11. The molecule has 1 N–H and O–H groups in total. The first kappa shape index (κ1) is 28.8. The summed E-state index contributed by atoms with van der Waals surface area (Å²) in [6, 6.07) is 8.14. The van der Waals surface area contributed by atoms with Gasteiger partial charge in [-0.1, -0.05) is 11.6 Å². The van der Waals surface area contributed by atoms with Crippen molar-refractivity contribution >= 4 is 54.1 Å². The van der Waals surface area contributed by atoms with Crippen molar-refractivity contribution in [2.45, 2.75) is 56.6 Å². The quantitative estimate of drug-likeness (QED) is 0.183. The minimum absolute atomic E-state index is 0.0316. The van der Waals surface area contributed by atoms with Gasteiger partial charge in [0, 0.05) is 12.1 Å². The molecule has 2 aliphatic carbocycles. The van der Waals surface area contributed by atoms with Gasteiger partial charge < -0.3 is 19.0 Å². The lowest BCUT2D eigenvalue weighted by Crippen LogP contribution is -2.38. The van der Waals surface area contributed by atoms with Crippen LogP contribution in [-0.2, 0) is 24.4 Å². The third-order valence-corrected chi connectivity index (χ3v) is 9.44. The van der Waals surface area contributed by atoms with Crippen molar-refractivity contribution in [2.24, 2.45) is 17.0 Å². The predicted molar refractivity (Wildman–Crippen MR) is 149 cm³/mol. The number of nitrogens with zero attached hydrogens (tertiary/aromatic N) is 1. The molecule has 2 aliphatic rings. The largest absolute Gasteiger partial charge is 0.495 e. The molecule has 2 aromatic rings. The van der Waals surface area contributed by atoms with Gasteiger partial charge in [-0.15, -0.1) is 0 Å². The zero-order valence-electron chi connectivity index (χ0n) is 21.3. The fraction of sp³-hybridized carbons (Fsp3) is 0.462. The first-order chi connectivity index (χ1) is 18.1. The van der Waals surface area contributed by atoms with E-state index < -0.39 is 22.1 Å². The molecule has 2 fully saturated rings. The van der Waals surface area contributed by atoms with Crippen LogP contribution in [0.2, 0.25) is 0 Å². The summed E-state index contributed by atoms with van der Waals surface area (Å²) in [5.74, 6) is 1.52. The number of hydrogen-bond donors (Lipinski definition) is 1. The summed E-state index contributed by atoms with van der Waals surface area (Å²) in [6.45, 7) is 3.53. The Morgan fingerprint density at radius 1 is 1.18 bits per heavy atom. The van der Waals surface area contributed by atoms with Gasteiger partial charge in [0.15, 0.2) is 5.75 Å². The van der Waals surface area contributed by atoms with Crippen LogP contribution in [0, 0.1) is 11.8 Å². The second-order valence-corrected chi connectivity index (χ2v) is 12.8. The van der Waals surface area contributed by atoms with E-state index in [1.807, 2.05) is 0 Å². The van der Waals surface area contributed by atoms with Crippen LogP contribution >= 0.6 is 31.9 Å². The molecule has 12 heteroatoms. The summed E-state index contributed by atoms with van der Waals surface area (Å²) in [7, 11) is -2.38. The second-order valence-electron chi connectivity index (χ2n) is 9.37. The van der Waals surface area contributed by atoms with Crippen LogP contribution in [0.1, 0.15) is 45.1 Å². The van der Waals surface area contributed by atoms with E-state index in [-0.39, 0.29) is 23.3 Å². The number of rotatable bonds is 11. The molecule has 2 aromatic carbocycles. The van der Waals surface area contributed by atoms with Gasteiger partial charge in [-0.05, 0) is 107 Å². The minimum Gasteiger partial charge on any atom is -0.495 e. The van der Waals surface area contributed by atoms with E-state index in [4.69, 9.17) is 19.0 Å². The van der Waals surface area contributed by atoms with Gasteiger partial charge in [-0.3, -0.25) is 0 Å². The number of halogens is 2. The summed E-state index contributed by atoms with van der Waals surface area (Å²) < 4.78 is 47.1. The van der Waals surface area contributed by atoms with Crippen LogP contribution in [0.15, 0.2) is 49.3 Å². The molecule has 0 spiro atoms. The summed E-state index contributed by atoms with van der Waals surface area (Å²) in [4.78, 5) is 16.8. The maximum absolute atomic E-state index is 13.3. The van der Waals surface area contributed by atoms with Gasteiger partial charge in [-0.2, -0.15) is 0 Å². The Balaban J connectivity index is 1.50. The highest BCUT2D eigenvalue weighted by Crippen LogP contribution is 2.45.